The van der Waals surface area contributed by atoms with E-state index < -0.39 is 0 Å². The Hall–Kier alpha value is -0.120. The van der Waals surface area contributed by atoms with Gasteiger partial charge in [0, 0.05) is 12.6 Å². The fraction of sp³-hybridized carbons (Fsp3) is 1.00. The second-order valence-corrected chi connectivity index (χ2v) is 2.56. The summed E-state index contributed by atoms with van der Waals surface area (Å²) in [6.45, 7) is 4.64. The van der Waals surface area contributed by atoms with Crippen molar-refractivity contribution in [2.45, 2.75) is 32.4 Å². The number of hydrogen-bond acceptors (Lipinski definition) is 3. The predicted octanol–water partition coefficient (Wildman–Crippen LogP) is -0.272. The molecule has 3 N–H and O–H groups in total. The fourth-order valence-corrected chi connectivity index (χ4v) is 0.579. The Morgan fingerprint density at radius 1 is 1.40 bits per heavy atom. The van der Waals surface area contributed by atoms with Crippen molar-refractivity contribution < 1.29 is 10.2 Å². The molecule has 0 spiro atoms. The van der Waals surface area contributed by atoms with E-state index in [-0.39, 0.29) is 18.8 Å². The Balaban J connectivity index is 3.13. The van der Waals surface area contributed by atoms with Crippen LogP contribution in [0.3, 0.4) is 0 Å². The van der Waals surface area contributed by atoms with Crippen LogP contribution in [0, 0.1) is 0 Å². The second-order valence-electron chi connectivity index (χ2n) is 2.56. The predicted molar refractivity (Wildman–Crippen MR) is 40.8 cm³/mol. The van der Waals surface area contributed by atoms with Crippen LogP contribution in [-0.2, 0) is 0 Å². The van der Waals surface area contributed by atoms with Gasteiger partial charge in [-0.05, 0) is 26.8 Å². The monoisotopic (exact) mass is 147 g/mol. The third kappa shape index (κ3) is 4.73. The summed E-state index contributed by atoms with van der Waals surface area (Å²) in [5.41, 5.74) is 0. The molecule has 0 aromatic rings. The summed E-state index contributed by atoms with van der Waals surface area (Å²) in [6, 6.07) is 0.117. The van der Waals surface area contributed by atoms with Crippen molar-refractivity contribution in [3.8, 4) is 0 Å². The van der Waals surface area contributed by atoms with Gasteiger partial charge in [-0.3, -0.25) is 0 Å². The third-order valence-electron chi connectivity index (χ3n) is 1.52. The van der Waals surface area contributed by atoms with Crippen LogP contribution in [0.25, 0.3) is 0 Å². The number of rotatable bonds is 5. The topological polar surface area (TPSA) is 52.5 Å². The molecule has 0 aliphatic rings. The highest BCUT2D eigenvalue weighted by molar-refractivity contribution is 4.65. The van der Waals surface area contributed by atoms with Crippen LogP contribution in [0.5, 0.6) is 0 Å². The Labute approximate surface area is 62.1 Å². The second kappa shape index (κ2) is 5.65. The summed E-state index contributed by atoms with van der Waals surface area (Å²) in [6.07, 6.45) is 0.426. The molecule has 0 bridgehead atoms. The average molecular weight is 147 g/mol. The van der Waals surface area contributed by atoms with Gasteiger partial charge in [0.1, 0.15) is 0 Å². The molecule has 0 aromatic carbocycles. The van der Waals surface area contributed by atoms with Crippen LogP contribution in [0.4, 0.5) is 0 Å². The van der Waals surface area contributed by atoms with E-state index in [2.05, 4.69) is 5.32 Å². The molecule has 3 nitrogen and oxygen atoms in total. The molecule has 2 atom stereocenters. The van der Waals surface area contributed by atoms with Gasteiger partial charge in [0.05, 0.1) is 6.10 Å². The third-order valence-corrected chi connectivity index (χ3v) is 1.52. The van der Waals surface area contributed by atoms with Crippen LogP contribution in [0.1, 0.15) is 20.3 Å². The van der Waals surface area contributed by atoms with Gasteiger partial charge < -0.3 is 15.5 Å². The molecule has 0 saturated carbocycles. The van der Waals surface area contributed by atoms with Gasteiger partial charge >= 0.3 is 0 Å². The first-order chi connectivity index (χ1) is 4.68. The summed E-state index contributed by atoms with van der Waals surface area (Å²) >= 11 is 0. The molecule has 2 unspecified atom stereocenters. The maximum Gasteiger partial charge on any atom is 0.0662 e. The van der Waals surface area contributed by atoms with Crippen LogP contribution in [0.15, 0.2) is 0 Å². The van der Waals surface area contributed by atoms with Gasteiger partial charge in [-0.1, -0.05) is 0 Å². The van der Waals surface area contributed by atoms with Gasteiger partial charge in [0.2, 0.25) is 0 Å². The highest BCUT2D eigenvalue weighted by Crippen LogP contribution is 1.89. The van der Waals surface area contributed by atoms with E-state index in [4.69, 9.17) is 10.2 Å². The number of hydrogen-bond donors (Lipinski definition) is 3. The zero-order valence-corrected chi connectivity index (χ0v) is 6.67. The fourth-order valence-electron chi connectivity index (χ4n) is 0.579. The highest BCUT2D eigenvalue weighted by atomic mass is 16.3. The average Bonchev–Trinajstić information content (AvgIpc) is 1.88. The quantitative estimate of drug-likeness (QED) is 0.469. The molecule has 10 heavy (non-hydrogen) atoms. The standard InChI is InChI=1S/C7H17NO2/c1-6(7(2)10)8-4-3-5-9/h6-10H,3-5H2,1-2H3. The smallest absolute Gasteiger partial charge is 0.0662 e. The van der Waals surface area contributed by atoms with Crippen molar-refractivity contribution in [1.82, 2.24) is 5.32 Å². The number of nitrogens with one attached hydrogen (secondary N) is 1. The Bertz CT molecular complexity index is 76.0. The number of aliphatic hydroxyl groups excluding tert-OH is 2. The zero-order chi connectivity index (χ0) is 7.98. The van der Waals surface area contributed by atoms with Gasteiger partial charge in [0.15, 0.2) is 0 Å². The SMILES string of the molecule is CC(O)C(C)NCCCO. The largest absolute Gasteiger partial charge is 0.396 e. The van der Waals surface area contributed by atoms with E-state index in [1.807, 2.05) is 6.92 Å². The molecule has 0 saturated heterocycles. The first kappa shape index (κ1) is 9.88. The number of aliphatic hydroxyl groups is 2. The first-order valence-electron chi connectivity index (χ1n) is 3.70. The molecule has 62 valence electrons. The van der Waals surface area contributed by atoms with Gasteiger partial charge in [-0.2, -0.15) is 0 Å². The molecule has 0 heterocycles. The van der Waals surface area contributed by atoms with Crippen LogP contribution in [-0.4, -0.2) is 35.5 Å². The summed E-state index contributed by atoms with van der Waals surface area (Å²) in [5.74, 6) is 0. The summed E-state index contributed by atoms with van der Waals surface area (Å²) in [4.78, 5) is 0. The van der Waals surface area contributed by atoms with Crippen molar-refractivity contribution in [1.29, 1.82) is 0 Å². The molecule has 3 heteroatoms. The van der Waals surface area contributed by atoms with Crippen molar-refractivity contribution in [2.75, 3.05) is 13.2 Å². The van der Waals surface area contributed by atoms with E-state index in [1.165, 1.54) is 0 Å². The molecule has 0 aliphatic carbocycles. The van der Waals surface area contributed by atoms with E-state index in [9.17, 15) is 0 Å². The lowest BCUT2D eigenvalue weighted by Crippen LogP contribution is -2.36. The van der Waals surface area contributed by atoms with Crippen molar-refractivity contribution in [3.05, 3.63) is 0 Å². The summed E-state index contributed by atoms with van der Waals surface area (Å²) < 4.78 is 0. The first-order valence-corrected chi connectivity index (χ1v) is 3.70. The molecule has 0 radical (unpaired) electrons. The van der Waals surface area contributed by atoms with Gasteiger partial charge in [0.25, 0.3) is 0 Å². The van der Waals surface area contributed by atoms with E-state index in [0.29, 0.717) is 0 Å². The lowest BCUT2D eigenvalue weighted by atomic mass is 10.2. The molecule has 0 aromatic heterocycles. The molecule has 0 fully saturated rings. The lowest BCUT2D eigenvalue weighted by molar-refractivity contribution is 0.151. The summed E-state index contributed by atoms with van der Waals surface area (Å²) in [5, 5.41) is 20.5. The molecule has 0 rings (SSSR count). The minimum atomic E-state index is -0.321. The molecular formula is C7H17NO2. The van der Waals surface area contributed by atoms with Crippen molar-refractivity contribution in [2.24, 2.45) is 0 Å². The van der Waals surface area contributed by atoms with E-state index >= 15 is 0 Å². The van der Waals surface area contributed by atoms with Crippen molar-refractivity contribution >= 4 is 0 Å². The minimum Gasteiger partial charge on any atom is -0.396 e. The van der Waals surface area contributed by atoms with Gasteiger partial charge in [-0.15, -0.1) is 0 Å². The van der Waals surface area contributed by atoms with E-state index in [1.54, 1.807) is 6.92 Å². The maximum atomic E-state index is 9.00. The van der Waals surface area contributed by atoms with Gasteiger partial charge in [-0.25, -0.2) is 0 Å². The molecule has 0 aliphatic heterocycles. The Morgan fingerprint density at radius 3 is 2.40 bits per heavy atom. The van der Waals surface area contributed by atoms with Crippen LogP contribution < -0.4 is 5.32 Å². The highest BCUT2D eigenvalue weighted by Gasteiger charge is 2.05. The van der Waals surface area contributed by atoms with Crippen LogP contribution in [0.2, 0.25) is 0 Å². The van der Waals surface area contributed by atoms with Crippen LogP contribution >= 0.6 is 0 Å². The molecule has 0 amide bonds. The Kier molecular flexibility index (Phi) is 5.58. The molecular weight excluding hydrogens is 130 g/mol. The summed E-state index contributed by atoms with van der Waals surface area (Å²) in [7, 11) is 0. The van der Waals surface area contributed by atoms with Crippen molar-refractivity contribution in [3.63, 3.8) is 0 Å². The minimum absolute atomic E-state index is 0.117. The normalized spacial score (nSPS) is 16.8. The lowest BCUT2D eigenvalue weighted by Gasteiger charge is -2.15. The van der Waals surface area contributed by atoms with E-state index in [0.717, 1.165) is 13.0 Å². The maximum absolute atomic E-state index is 9.00. The Morgan fingerprint density at radius 2 is 2.00 bits per heavy atom. The zero-order valence-electron chi connectivity index (χ0n) is 6.67.